The fraction of sp³-hybridized carbons (Fsp3) is 0.381. The summed E-state index contributed by atoms with van der Waals surface area (Å²) < 4.78 is 6.63. The molecule has 25 heavy (non-hydrogen) atoms. The molecule has 2 aromatic carbocycles. The number of benzene rings is 2. The van der Waals surface area contributed by atoms with Gasteiger partial charge in [-0.05, 0) is 64.0 Å². The van der Waals surface area contributed by atoms with E-state index in [9.17, 15) is 4.79 Å². The Morgan fingerprint density at radius 3 is 2.44 bits per heavy atom. The van der Waals surface area contributed by atoms with Crippen LogP contribution in [-0.2, 0) is 10.2 Å². The molecule has 0 spiro atoms. The minimum atomic E-state index is -0.00413. The van der Waals surface area contributed by atoms with Crippen LogP contribution in [-0.4, -0.2) is 12.5 Å². The van der Waals surface area contributed by atoms with Crippen molar-refractivity contribution in [1.82, 2.24) is 0 Å². The quantitative estimate of drug-likeness (QED) is 0.554. The first-order chi connectivity index (χ1) is 11.9. The molecule has 1 amide bonds. The zero-order valence-electron chi connectivity index (χ0n) is 15.1. The fourth-order valence-corrected chi connectivity index (χ4v) is 2.79. The number of hydrogen-bond donors (Lipinski definition) is 1. The molecule has 0 radical (unpaired) electrons. The van der Waals surface area contributed by atoms with E-state index in [1.807, 2.05) is 36.4 Å². The Morgan fingerprint density at radius 1 is 1.12 bits per heavy atom. The van der Waals surface area contributed by atoms with Crippen molar-refractivity contribution >= 4 is 27.5 Å². The van der Waals surface area contributed by atoms with Gasteiger partial charge in [0.25, 0.3) is 0 Å². The summed E-state index contributed by atoms with van der Waals surface area (Å²) in [5.74, 6) is 0.845. The molecule has 0 aliphatic rings. The van der Waals surface area contributed by atoms with Crippen molar-refractivity contribution < 1.29 is 9.53 Å². The number of hydrogen-bond acceptors (Lipinski definition) is 2. The first-order valence-corrected chi connectivity index (χ1v) is 9.49. The molecule has 0 heterocycles. The predicted octanol–water partition coefficient (Wildman–Crippen LogP) is 5.93. The molecule has 0 aromatic heterocycles. The number of nitrogens with one attached hydrogen (secondary N) is 1. The van der Waals surface area contributed by atoms with E-state index in [1.54, 1.807) is 0 Å². The predicted molar refractivity (Wildman–Crippen MR) is 107 cm³/mol. The molecule has 0 saturated heterocycles. The lowest BCUT2D eigenvalue weighted by Gasteiger charge is -2.23. The van der Waals surface area contributed by atoms with Crippen molar-refractivity contribution in [3.05, 3.63) is 58.6 Å². The molecule has 0 bridgehead atoms. The largest absolute Gasteiger partial charge is 0.494 e. The zero-order chi connectivity index (χ0) is 18.3. The fourth-order valence-electron chi connectivity index (χ4n) is 2.40. The molecule has 2 aromatic rings. The highest BCUT2D eigenvalue weighted by Crippen LogP contribution is 2.28. The third kappa shape index (κ3) is 5.89. The monoisotopic (exact) mass is 403 g/mol. The van der Waals surface area contributed by atoms with E-state index in [4.69, 9.17) is 4.74 Å². The highest BCUT2D eigenvalue weighted by molar-refractivity contribution is 9.10. The minimum Gasteiger partial charge on any atom is -0.494 e. The number of amides is 1. The summed E-state index contributed by atoms with van der Waals surface area (Å²) in [6.07, 6.45) is 2.21. The van der Waals surface area contributed by atoms with Crippen LogP contribution in [0.25, 0.3) is 0 Å². The molecule has 0 atom stereocenters. The first-order valence-electron chi connectivity index (χ1n) is 8.70. The van der Waals surface area contributed by atoms with Gasteiger partial charge in [-0.3, -0.25) is 4.79 Å². The lowest BCUT2D eigenvalue weighted by atomic mass is 9.82. The average molecular weight is 404 g/mol. The molecule has 0 unspecified atom stereocenters. The lowest BCUT2D eigenvalue weighted by molar-refractivity contribution is -0.116. The van der Waals surface area contributed by atoms with Gasteiger partial charge in [0, 0.05) is 10.9 Å². The summed E-state index contributed by atoms with van der Waals surface area (Å²) in [6, 6.07) is 15.9. The molecule has 0 saturated carbocycles. The Morgan fingerprint density at radius 2 is 1.80 bits per heavy atom. The van der Waals surface area contributed by atoms with Crippen molar-refractivity contribution in [1.29, 1.82) is 0 Å². The third-order valence-electron chi connectivity index (χ3n) is 4.48. The number of ether oxygens (including phenoxy) is 1. The minimum absolute atomic E-state index is 0.00413. The standard InChI is InChI=1S/C21H26BrNO2/c1-4-21(2,3)16-11-13-17(14-12-16)25-15-7-10-20(24)23-19-9-6-5-8-18(19)22/h5-6,8-9,11-14H,4,7,10,15H2,1-3H3,(H,23,24). The highest BCUT2D eigenvalue weighted by Gasteiger charge is 2.17. The Bertz CT molecular complexity index is 695. The Labute approximate surface area is 158 Å². The molecule has 4 heteroatoms. The van der Waals surface area contributed by atoms with Gasteiger partial charge in [-0.15, -0.1) is 0 Å². The summed E-state index contributed by atoms with van der Waals surface area (Å²) in [5.41, 5.74) is 2.29. The van der Waals surface area contributed by atoms with E-state index < -0.39 is 0 Å². The van der Waals surface area contributed by atoms with Crippen molar-refractivity contribution in [2.24, 2.45) is 0 Å². The number of carbonyl (C=O) groups excluding carboxylic acids is 1. The van der Waals surface area contributed by atoms with Crippen LogP contribution in [0.2, 0.25) is 0 Å². The van der Waals surface area contributed by atoms with Crippen LogP contribution < -0.4 is 10.1 Å². The maximum atomic E-state index is 12.0. The maximum Gasteiger partial charge on any atom is 0.224 e. The van der Waals surface area contributed by atoms with Gasteiger partial charge >= 0.3 is 0 Å². The molecular formula is C21H26BrNO2. The summed E-state index contributed by atoms with van der Waals surface area (Å²) in [6.45, 7) is 7.21. The SMILES string of the molecule is CCC(C)(C)c1ccc(OCCCC(=O)Nc2ccccc2Br)cc1. The van der Waals surface area contributed by atoms with Crippen molar-refractivity contribution in [2.45, 2.75) is 45.4 Å². The van der Waals surface area contributed by atoms with E-state index >= 15 is 0 Å². The first kappa shape index (κ1) is 19.5. The van der Waals surface area contributed by atoms with E-state index in [-0.39, 0.29) is 11.3 Å². The maximum absolute atomic E-state index is 12.0. The van der Waals surface area contributed by atoms with Crippen LogP contribution in [0, 0.1) is 0 Å². The van der Waals surface area contributed by atoms with Gasteiger partial charge < -0.3 is 10.1 Å². The summed E-state index contributed by atoms with van der Waals surface area (Å²) >= 11 is 3.42. The number of rotatable bonds is 8. The zero-order valence-corrected chi connectivity index (χ0v) is 16.7. The molecule has 1 N–H and O–H groups in total. The van der Waals surface area contributed by atoms with Crippen LogP contribution >= 0.6 is 15.9 Å². The van der Waals surface area contributed by atoms with E-state index in [0.29, 0.717) is 19.4 Å². The van der Waals surface area contributed by atoms with Crippen molar-refractivity contribution in [3.8, 4) is 5.75 Å². The smallest absolute Gasteiger partial charge is 0.224 e. The van der Waals surface area contributed by atoms with E-state index in [0.717, 1.165) is 22.3 Å². The van der Waals surface area contributed by atoms with E-state index in [2.05, 4.69) is 54.2 Å². The molecule has 134 valence electrons. The number of halogens is 1. The normalized spacial score (nSPS) is 11.2. The lowest BCUT2D eigenvalue weighted by Crippen LogP contribution is -2.15. The molecular weight excluding hydrogens is 378 g/mol. The van der Waals surface area contributed by atoms with Gasteiger partial charge in [-0.1, -0.05) is 45.0 Å². The van der Waals surface area contributed by atoms with Crippen LogP contribution in [0.1, 0.15) is 45.6 Å². The topological polar surface area (TPSA) is 38.3 Å². The third-order valence-corrected chi connectivity index (χ3v) is 5.18. The second-order valence-corrected chi connectivity index (χ2v) is 7.60. The summed E-state index contributed by atoms with van der Waals surface area (Å²) in [7, 11) is 0. The molecule has 0 aliphatic heterocycles. The number of anilines is 1. The summed E-state index contributed by atoms with van der Waals surface area (Å²) in [5, 5.41) is 2.90. The van der Waals surface area contributed by atoms with Gasteiger partial charge in [0.05, 0.1) is 12.3 Å². The molecule has 3 nitrogen and oxygen atoms in total. The second-order valence-electron chi connectivity index (χ2n) is 6.74. The van der Waals surface area contributed by atoms with Crippen LogP contribution in [0.5, 0.6) is 5.75 Å². The van der Waals surface area contributed by atoms with Gasteiger partial charge in [0.15, 0.2) is 0 Å². The number of para-hydroxylation sites is 1. The van der Waals surface area contributed by atoms with Crippen LogP contribution in [0.15, 0.2) is 53.0 Å². The van der Waals surface area contributed by atoms with Gasteiger partial charge in [-0.25, -0.2) is 0 Å². The molecule has 2 rings (SSSR count). The van der Waals surface area contributed by atoms with Crippen LogP contribution in [0.4, 0.5) is 5.69 Å². The van der Waals surface area contributed by atoms with Crippen molar-refractivity contribution in [2.75, 3.05) is 11.9 Å². The average Bonchev–Trinajstić information content (AvgIpc) is 2.61. The Balaban J connectivity index is 1.74. The molecule has 0 aliphatic carbocycles. The Hall–Kier alpha value is -1.81. The van der Waals surface area contributed by atoms with Gasteiger partial charge in [-0.2, -0.15) is 0 Å². The second kappa shape index (κ2) is 9.04. The van der Waals surface area contributed by atoms with E-state index in [1.165, 1.54) is 5.56 Å². The Kier molecular flexibility index (Phi) is 7.06. The van der Waals surface area contributed by atoms with Crippen molar-refractivity contribution in [3.63, 3.8) is 0 Å². The van der Waals surface area contributed by atoms with Gasteiger partial charge in [0.2, 0.25) is 5.91 Å². The number of carbonyl (C=O) groups is 1. The summed E-state index contributed by atoms with van der Waals surface area (Å²) in [4.78, 5) is 12.0. The van der Waals surface area contributed by atoms with Crippen LogP contribution in [0.3, 0.4) is 0 Å². The van der Waals surface area contributed by atoms with Gasteiger partial charge in [0.1, 0.15) is 5.75 Å². The highest BCUT2D eigenvalue weighted by atomic mass is 79.9. The molecule has 0 fully saturated rings.